The molecule has 6 heteroatoms. The number of fused-ring (bicyclic) bond motifs is 1. The number of benzene rings is 2. The summed E-state index contributed by atoms with van der Waals surface area (Å²) in [7, 11) is -4.72. The monoisotopic (exact) mass is 260 g/mol. The third-order valence-electron chi connectivity index (χ3n) is 2.33. The molecular weight excluding hydrogens is 251 g/mol. The summed E-state index contributed by atoms with van der Waals surface area (Å²) in [6.07, 6.45) is 0. The van der Waals surface area contributed by atoms with Gasteiger partial charge in [-0.25, -0.2) is 8.42 Å². The van der Waals surface area contributed by atoms with E-state index < -0.39 is 15.6 Å². The second-order valence-electron chi connectivity index (χ2n) is 3.45. The van der Waals surface area contributed by atoms with E-state index in [4.69, 9.17) is 0 Å². The van der Waals surface area contributed by atoms with Crippen molar-refractivity contribution in [2.45, 2.75) is 5.44 Å². The average Bonchev–Trinajstić information content (AvgIpc) is 2.26. The summed E-state index contributed by atoms with van der Waals surface area (Å²) >= 11 is 0. The molecule has 0 aromatic heterocycles. The molecule has 0 saturated carbocycles. The Morgan fingerprint density at radius 3 is 2.24 bits per heavy atom. The van der Waals surface area contributed by atoms with Crippen LogP contribution in [0.3, 0.4) is 0 Å². The molecule has 0 aliphatic carbocycles. The van der Waals surface area contributed by atoms with E-state index in [0.29, 0.717) is 0 Å². The molecule has 2 rings (SSSR count). The molecular formula is C11H9NaO4S. The smallest absolute Gasteiger partial charge is 0.746 e. The number of hydrogen-bond donors (Lipinski definition) is 1. The topological polar surface area (TPSA) is 77.4 Å². The van der Waals surface area contributed by atoms with Gasteiger partial charge < -0.3 is 9.66 Å². The first-order valence-electron chi connectivity index (χ1n) is 4.60. The van der Waals surface area contributed by atoms with Crippen molar-refractivity contribution in [3.8, 4) is 0 Å². The minimum Gasteiger partial charge on any atom is -0.746 e. The summed E-state index contributed by atoms with van der Waals surface area (Å²) in [6, 6.07) is 11.9. The normalized spacial score (nSPS) is 13.1. The summed E-state index contributed by atoms with van der Waals surface area (Å²) < 4.78 is 32.0. The van der Waals surface area contributed by atoms with Gasteiger partial charge in [0.2, 0.25) is 0 Å². The molecule has 0 fully saturated rings. The van der Waals surface area contributed by atoms with Gasteiger partial charge in [-0.2, -0.15) is 0 Å². The van der Waals surface area contributed by atoms with Crippen LogP contribution in [0.15, 0.2) is 42.5 Å². The number of hydrogen-bond acceptors (Lipinski definition) is 4. The van der Waals surface area contributed by atoms with Gasteiger partial charge in [-0.05, 0) is 22.4 Å². The van der Waals surface area contributed by atoms with Crippen LogP contribution in [-0.2, 0) is 10.1 Å². The zero-order valence-electron chi connectivity index (χ0n) is 9.20. The maximum Gasteiger partial charge on any atom is 1.00 e. The molecule has 2 aromatic carbocycles. The zero-order chi connectivity index (χ0) is 11.8. The molecule has 0 radical (unpaired) electrons. The van der Waals surface area contributed by atoms with Gasteiger partial charge in [0, 0.05) is 0 Å². The van der Waals surface area contributed by atoms with Crippen molar-refractivity contribution in [1.29, 1.82) is 0 Å². The van der Waals surface area contributed by atoms with Crippen LogP contribution in [0.25, 0.3) is 10.8 Å². The number of aliphatic hydroxyl groups is 1. The van der Waals surface area contributed by atoms with Crippen molar-refractivity contribution in [1.82, 2.24) is 0 Å². The maximum absolute atomic E-state index is 10.7. The Morgan fingerprint density at radius 1 is 1.06 bits per heavy atom. The van der Waals surface area contributed by atoms with E-state index in [9.17, 15) is 18.1 Å². The molecule has 0 spiro atoms. The fraction of sp³-hybridized carbons (Fsp3) is 0.0909. The third-order valence-corrected chi connectivity index (χ3v) is 3.15. The van der Waals surface area contributed by atoms with E-state index in [1.54, 1.807) is 18.2 Å². The Labute approximate surface area is 121 Å². The molecule has 0 saturated heterocycles. The van der Waals surface area contributed by atoms with Gasteiger partial charge in [0.1, 0.15) is 10.1 Å². The van der Waals surface area contributed by atoms with Gasteiger partial charge in [0.25, 0.3) is 0 Å². The maximum atomic E-state index is 10.7. The first kappa shape index (κ1) is 14.6. The zero-order valence-corrected chi connectivity index (χ0v) is 12.0. The minimum atomic E-state index is -4.72. The molecule has 17 heavy (non-hydrogen) atoms. The first-order valence-corrected chi connectivity index (χ1v) is 6.07. The molecule has 1 unspecified atom stereocenters. The molecule has 2 aromatic rings. The summed E-state index contributed by atoms with van der Waals surface area (Å²) in [6.45, 7) is 0. The quantitative estimate of drug-likeness (QED) is 0.520. The van der Waals surface area contributed by atoms with Gasteiger partial charge in [0.05, 0.1) is 0 Å². The molecule has 0 heterocycles. The van der Waals surface area contributed by atoms with Crippen molar-refractivity contribution < 1.29 is 47.6 Å². The van der Waals surface area contributed by atoms with Gasteiger partial charge in [-0.1, -0.05) is 36.4 Å². The van der Waals surface area contributed by atoms with Crippen molar-refractivity contribution in [2.75, 3.05) is 0 Å². The summed E-state index contributed by atoms with van der Waals surface area (Å²) in [4.78, 5) is 0. The van der Waals surface area contributed by atoms with E-state index in [2.05, 4.69) is 0 Å². The van der Waals surface area contributed by atoms with Crippen molar-refractivity contribution in [3.63, 3.8) is 0 Å². The predicted octanol–water partition coefficient (Wildman–Crippen LogP) is -1.62. The van der Waals surface area contributed by atoms with Gasteiger partial charge in [0.15, 0.2) is 5.44 Å². The third kappa shape index (κ3) is 3.28. The molecule has 0 bridgehead atoms. The average molecular weight is 260 g/mol. The van der Waals surface area contributed by atoms with Crippen LogP contribution < -0.4 is 29.6 Å². The van der Waals surface area contributed by atoms with E-state index in [1.165, 1.54) is 12.1 Å². The Bertz CT molecular complexity index is 624. The Kier molecular flexibility index (Phi) is 4.71. The molecule has 0 amide bonds. The van der Waals surface area contributed by atoms with Crippen LogP contribution in [0.4, 0.5) is 0 Å². The van der Waals surface area contributed by atoms with Crippen molar-refractivity contribution in [3.05, 3.63) is 48.0 Å². The van der Waals surface area contributed by atoms with Crippen LogP contribution in [0, 0.1) is 0 Å². The molecule has 1 N–H and O–H groups in total. The fourth-order valence-corrected chi connectivity index (χ4v) is 2.01. The predicted molar refractivity (Wildman–Crippen MR) is 58.6 cm³/mol. The Balaban J connectivity index is 0.00000144. The van der Waals surface area contributed by atoms with E-state index >= 15 is 0 Å². The van der Waals surface area contributed by atoms with Crippen LogP contribution in [0.5, 0.6) is 0 Å². The number of aliphatic hydroxyl groups excluding tert-OH is 1. The SMILES string of the molecule is O=S(=O)([O-])C(O)c1ccc2ccccc2c1.[Na+]. The van der Waals surface area contributed by atoms with Gasteiger partial charge in [-0.3, -0.25) is 0 Å². The first-order chi connectivity index (χ1) is 7.48. The summed E-state index contributed by atoms with van der Waals surface area (Å²) in [5, 5.41) is 11.0. The molecule has 1 atom stereocenters. The molecule has 4 nitrogen and oxygen atoms in total. The van der Waals surface area contributed by atoms with Crippen LogP contribution >= 0.6 is 0 Å². The summed E-state index contributed by atoms with van der Waals surface area (Å²) in [5.41, 5.74) is -1.91. The largest absolute Gasteiger partial charge is 1.00 e. The second-order valence-corrected chi connectivity index (χ2v) is 4.88. The van der Waals surface area contributed by atoms with Gasteiger partial charge >= 0.3 is 29.6 Å². The molecule has 84 valence electrons. The van der Waals surface area contributed by atoms with Crippen LogP contribution in [0.2, 0.25) is 0 Å². The second kappa shape index (κ2) is 5.48. The van der Waals surface area contributed by atoms with E-state index in [-0.39, 0.29) is 35.1 Å². The van der Waals surface area contributed by atoms with Crippen LogP contribution in [0.1, 0.15) is 11.0 Å². The fourth-order valence-electron chi connectivity index (χ4n) is 1.53. The van der Waals surface area contributed by atoms with Crippen LogP contribution in [-0.4, -0.2) is 18.1 Å². The minimum absolute atomic E-state index is 0. The Hall–Kier alpha value is -0.430. The summed E-state index contributed by atoms with van der Waals surface area (Å²) in [5.74, 6) is 0. The Morgan fingerprint density at radius 2 is 1.65 bits per heavy atom. The standard InChI is InChI=1S/C11H10O4S.Na/c12-11(16(13,14)15)10-6-5-8-3-1-2-4-9(8)7-10;/h1-7,11-12H,(H,13,14,15);/q;+1/p-1. The van der Waals surface area contributed by atoms with Gasteiger partial charge in [-0.15, -0.1) is 0 Å². The molecule has 0 aliphatic rings. The van der Waals surface area contributed by atoms with E-state index in [0.717, 1.165) is 10.8 Å². The number of rotatable bonds is 2. The van der Waals surface area contributed by atoms with E-state index in [1.807, 2.05) is 12.1 Å². The van der Waals surface area contributed by atoms with Crippen molar-refractivity contribution >= 4 is 20.9 Å². The van der Waals surface area contributed by atoms with Crippen molar-refractivity contribution in [2.24, 2.45) is 0 Å². The molecule has 0 aliphatic heterocycles.